The van der Waals surface area contributed by atoms with Crippen molar-refractivity contribution in [1.82, 2.24) is 14.6 Å². The van der Waals surface area contributed by atoms with Crippen molar-refractivity contribution >= 4 is 11.9 Å². The third-order valence-electron chi connectivity index (χ3n) is 6.86. The SMILES string of the molecule is COn1c(N[C@@H](C)c2ccc(C(F)(F)F)cc2)nc2c(c1=O)CN(C(=O)C1=COC=C(C3=CC=CCC3)O1)CC2. The van der Waals surface area contributed by atoms with Crippen molar-refractivity contribution < 1.29 is 32.3 Å². The van der Waals surface area contributed by atoms with Crippen LogP contribution in [0.5, 0.6) is 0 Å². The number of anilines is 1. The first-order valence-electron chi connectivity index (χ1n) is 12.7. The molecule has 2 aromatic rings. The summed E-state index contributed by atoms with van der Waals surface area (Å²) in [5.41, 5.74) is 1.03. The van der Waals surface area contributed by atoms with Crippen LogP contribution in [-0.2, 0) is 33.4 Å². The highest BCUT2D eigenvalue weighted by Crippen LogP contribution is 2.31. The summed E-state index contributed by atoms with van der Waals surface area (Å²) in [7, 11) is 1.30. The zero-order chi connectivity index (χ0) is 28.4. The van der Waals surface area contributed by atoms with Crippen LogP contribution in [0.3, 0.4) is 0 Å². The van der Waals surface area contributed by atoms with E-state index >= 15 is 0 Å². The molecule has 0 spiro atoms. The number of ether oxygens (including phenoxy) is 2. The highest BCUT2D eigenvalue weighted by Gasteiger charge is 2.32. The van der Waals surface area contributed by atoms with Crippen LogP contribution in [0.4, 0.5) is 19.1 Å². The Morgan fingerprint density at radius 2 is 1.95 bits per heavy atom. The molecule has 1 atom stereocenters. The molecule has 1 aromatic carbocycles. The van der Waals surface area contributed by atoms with Gasteiger partial charge in [0.2, 0.25) is 11.7 Å². The minimum Gasteiger partial charge on any atom is -0.465 e. The van der Waals surface area contributed by atoms with Crippen LogP contribution >= 0.6 is 0 Å². The molecule has 0 bridgehead atoms. The highest BCUT2D eigenvalue weighted by molar-refractivity contribution is 5.91. The molecule has 1 aromatic heterocycles. The van der Waals surface area contributed by atoms with Crippen LogP contribution in [0.2, 0.25) is 0 Å². The van der Waals surface area contributed by atoms with Crippen LogP contribution in [0.25, 0.3) is 0 Å². The summed E-state index contributed by atoms with van der Waals surface area (Å²) in [4.78, 5) is 37.9. The van der Waals surface area contributed by atoms with E-state index in [1.165, 1.54) is 36.7 Å². The molecule has 1 amide bonds. The van der Waals surface area contributed by atoms with E-state index in [1.54, 1.807) is 6.92 Å². The number of fused-ring (bicyclic) bond motifs is 1. The van der Waals surface area contributed by atoms with Gasteiger partial charge in [-0.15, -0.1) is 4.73 Å². The lowest BCUT2D eigenvalue weighted by Crippen LogP contribution is -2.43. The molecular formula is C28H27F3N4O5. The molecule has 3 heterocycles. The van der Waals surface area contributed by atoms with Gasteiger partial charge in [0.05, 0.1) is 29.4 Å². The Morgan fingerprint density at radius 1 is 1.18 bits per heavy atom. The zero-order valence-corrected chi connectivity index (χ0v) is 21.8. The highest BCUT2D eigenvalue weighted by atomic mass is 19.4. The molecule has 0 unspecified atom stereocenters. The number of nitrogens with one attached hydrogen (secondary N) is 1. The fraction of sp³-hybridized carbons (Fsp3) is 0.321. The van der Waals surface area contributed by atoms with Gasteiger partial charge in [0, 0.05) is 13.0 Å². The summed E-state index contributed by atoms with van der Waals surface area (Å²) < 4.78 is 51.0. The molecule has 9 nitrogen and oxygen atoms in total. The molecule has 210 valence electrons. The third kappa shape index (κ3) is 5.47. The Hall–Kier alpha value is -4.48. The summed E-state index contributed by atoms with van der Waals surface area (Å²) in [6.45, 7) is 2.01. The van der Waals surface area contributed by atoms with E-state index in [2.05, 4.69) is 10.3 Å². The maximum absolute atomic E-state index is 13.3. The molecule has 0 saturated carbocycles. The van der Waals surface area contributed by atoms with E-state index in [9.17, 15) is 22.8 Å². The molecule has 0 radical (unpaired) electrons. The number of alkyl halides is 3. The van der Waals surface area contributed by atoms with E-state index < -0.39 is 29.2 Å². The summed E-state index contributed by atoms with van der Waals surface area (Å²) in [5, 5.41) is 3.05. The maximum Gasteiger partial charge on any atom is 0.416 e. The second-order valence-electron chi connectivity index (χ2n) is 9.47. The smallest absolute Gasteiger partial charge is 0.416 e. The fourth-order valence-electron chi connectivity index (χ4n) is 4.65. The molecule has 1 aliphatic carbocycles. The van der Waals surface area contributed by atoms with Crippen molar-refractivity contribution in [3.63, 3.8) is 0 Å². The first kappa shape index (κ1) is 27.1. The van der Waals surface area contributed by atoms with E-state index in [0.717, 1.165) is 35.3 Å². The molecule has 40 heavy (non-hydrogen) atoms. The van der Waals surface area contributed by atoms with E-state index in [-0.39, 0.29) is 24.8 Å². The van der Waals surface area contributed by atoms with Crippen molar-refractivity contribution in [3.8, 4) is 0 Å². The standard InChI is InChI=1S/C28H27F3N4O5/c1-17(18-8-10-20(11-9-18)28(29,30)31)32-27-33-22-12-13-34(14-21(22)25(36)35(27)38-2)26(37)24-16-39-15-23(40-24)19-6-4-3-5-7-19/h3-4,6,8-11,15-17H,5,7,12-14H2,1-2H3,(H,32,33)/t17-/m0/s1. The summed E-state index contributed by atoms with van der Waals surface area (Å²) in [6, 6.07) is 4.25. The minimum absolute atomic E-state index is 0.0106. The Kier molecular flexibility index (Phi) is 7.42. The van der Waals surface area contributed by atoms with Gasteiger partial charge in [0.1, 0.15) is 19.6 Å². The van der Waals surface area contributed by atoms with Crippen molar-refractivity contribution in [2.24, 2.45) is 0 Å². The van der Waals surface area contributed by atoms with Gasteiger partial charge in [-0.25, -0.2) is 4.98 Å². The topological polar surface area (TPSA) is 94.9 Å². The van der Waals surface area contributed by atoms with Crippen molar-refractivity contribution in [2.45, 2.75) is 44.9 Å². The Labute approximate surface area is 227 Å². The first-order valence-corrected chi connectivity index (χ1v) is 12.7. The van der Waals surface area contributed by atoms with Crippen molar-refractivity contribution in [1.29, 1.82) is 0 Å². The zero-order valence-electron chi connectivity index (χ0n) is 21.8. The number of allylic oxidation sites excluding steroid dienone is 4. The number of rotatable bonds is 6. The lowest BCUT2D eigenvalue weighted by Gasteiger charge is -2.30. The normalized spacial score (nSPS) is 17.4. The monoisotopic (exact) mass is 556 g/mol. The number of amides is 1. The molecule has 0 fully saturated rings. The Balaban J connectivity index is 1.31. The van der Waals surface area contributed by atoms with Gasteiger partial charge in [0.15, 0.2) is 5.76 Å². The van der Waals surface area contributed by atoms with Gasteiger partial charge in [0.25, 0.3) is 11.5 Å². The Bertz CT molecular complexity index is 1490. The Morgan fingerprint density at radius 3 is 2.62 bits per heavy atom. The summed E-state index contributed by atoms with van der Waals surface area (Å²) in [6.07, 6.45) is 6.06. The predicted octanol–water partition coefficient (Wildman–Crippen LogP) is 4.38. The summed E-state index contributed by atoms with van der Waals surface area (Å²) >= 11 is 0. The van der Waals surface area contributed by atoms with Crippen LogP contribution in [0.1, 0.15) is 48.2 Å². The quantitative estimate of drug-likeness (QED) is 0.564. The lowest BCUT2D eigenvalue weighted by atomic mass is 10.0. The van der Waals surface area contributed by atoms with Gasteiger partial charge in [-0.05, 0) is 43.0 Å². The molecule has 12 heteroatoms. The molecule has 0 saturated heterocycles. The number of carbonyl (C=O) groups excluding carboxylic acids is 1. The summed E-state index contributed by atoms with van der Waals surface area (Å²) in [5.74, 6) is 0.161. The second kappa shape index (κ2) is 10.9. The average Bonchev–Trinajstić information content (AvgIpc) is 2.97. The molecular weight excluding hydrogens is 529 g/mol. The fourth-order valence-corrected chi connectivity index (χ4v) is 4.65. The molecule has 3 aliphatic rings. The van der Waals surface area contributed by atoms with Crippen LogP contribution in [-0.4, -0.2) is 34.2 Å². The third-order valence-corrected chi connectivity index (χ3v) is 6.86. The number of hydrogen-bond acceptors (Lipinski definition) is 7. The second-order valence-corrected chi connectivity index (χ2v) is 9.47. The van der Waals surface area contributed by atoms with Gasteiger partial charge in [-0.1, -0.05) is 30.4 Å². The van der Waals surface area contributed by atoms with Crippen LogP contribution < -0.4 is 15.7 Å². The minimum atomic E-state index is -4.43. The van der Waals surface area contributed by atoms with Crippen molar-refractivity contribution in [2.75, 3.05) is 19.0 Å². The number of nitrogens with zero attached hydrogens (tertiary/aromatic N) is 3. The van der Waals surface area contributed by atoms with Crippen molar-refractivity contribution in [3.05, 3.63) is 105 Å². The average molecular weight is 557 g/mol. The number of hydrogen-bond donors (Lipinski definition) is 1. The molecule has 2 aliphatic heterocycles. The first-order chi connectivity index (χ1) is 19.2. The number of benzene rings is 1. The van der Waals surface area contributed by atoms with Crippen LogP contribution in [0.15, 0.2) is 76.9 Å². The maximum atomic E-state index is 13.3. The van der Waals surface area contributed by atoms with Gasteiger partial charge in [-0.2, -0.15) is 13.2 Å². The predicted molar refractivity (Wildman–Crippen MR) is 138 cm³/mol. The number of carbonyl (C=O) groups is 1. The van der Waals surface area contributed by atoms with Gasteiger partial charge in [-0.3, -0.25) is 9.59 Å². The lowest BCUT2D eigenvalue weighted by molar-refractivity contribution is -0.137. The van der Waals surface area contributed by atoms with E-state index in [1.807, 2.05) is 18.2 Å². The number of aromatic nitrogens is 2. The van der Waals surface area contributed by atoms with Gasteiger partial charge < -0.3 is 24.5 Å². The van der Waals surface area contributed by atoms with Gasteiger partial charge >= 0.3 is 6.18 Å². The van der Waals surface area contributed by atoms with E-state index in [0.29, 0.717) is 29.0 Å². The molecule has 1 N–H and O–H groups in total. The van der Waals surface area contributed by atoms with Crippen LogP contribution in [0, 0.1) is 0 Å². The number of halogens is 3. The van der Waals surface area contributed by atoms with E-state index in [4.69, 9.17) is 14.3 Å². The largest absolute Gasteiger partial charge is 0.465 e. The molecule has 5 rings (SSSR count).